The maximum atomic E-state index is 12.6. The van der Waals surface area contributed by atoms with E-state index >= 15 is 0 Å². The van der Waals surface area contributed by atoms with Crippen LogP contribution in [-0.4, -0.2) is 37.2 Å². The van der Waals surface area contributed by atoms with Crippen LogP contribution in [0.25, 0.3) is 0 Å². The summed E-state index contributed by atoms with van der Waals surface area (Å²) in [5.41, 5.74) is 0. The summed E-state index contributed by atoms with van der Waals surface area (Å²) in [6, 6.07) is 0. The zero-order valence-corrected chi connectivity index (χ0v) is 35.9. The lowest BCUT2D eigenvalue weighted by Gasteiger charge is -2.18. The Labute approximate surface area is 339 Å². The van der Waals surface area contributed by atoms with Crippen LogP contribution in [0.15, 0.2) is 60.8 Å². The Morgan fingerprint density at radius 2 is 0.709 bits per heavy atom. The van der Waals surface area contributed by atoms with Crippen molar-refractivity contribution in [2.75, 3.05) is 13.2 Å². The first kappa shape index (κ1) is 52.1. The van der Waals surface area contributed by atoms with Crippen molar-refractivity contribution in [3.63, 3.8) is 0 Å². The van der Waals surface area contributed by atoms with Crippen LogP contribution in [0.5, 0.6) is 0 Å². The molecule has 1 atom stereocenters. The summed E-state index contributed by atoms with van der Waals surface area (Å²) in [6.45, 7) is 6.41. The number of hydrogen-bond donors (Lipinski definition) is 0. The van der Waals surface area contributed by atoms with Crippen LogP contribution in [0.3, 0.4) is 0 Å². The number of carbonyl (C=O) groups excluding carboxylic acids is 3. The van der Waals surface area contributed by atoms with Crippen molar-refractivity contribution < 1.29 is 28.6 Å². The minimum Gasteiger partial charge on any atom is -0.462 e. The van der Waals surface area contributed by atoms with E-state index in [0.717, 1.165) is 96.3 Å². The Morgan fingerprint density at radius 3 is 1.11 bits per heavy atom. The van der Waals surface area contributed by atoms with E-state index in [1.165, 1.54) is 77.0 Å². The van der Waals surface area contributed by atoms with Gasteiger partial charge in [0.15, 0.2) is 6.10 Å². The van der Waals surface area contributed by atoms with Gasteiger partial charge in [0.05, 0.1) is 0 Å². The highest BCUT2D eigenvalue weighted by molar-refractivity contribution is 5.71. The van der Waals surface area contributed by atoms with Gasteiger partial charge in [-0.3, -0.25) is 14.4 Å². The first-order valence-corrected chi connectivity index (χ1v) is 22.8. The Bertz CT molecular complexity index is 1020. The Hall–Kier alpha value is -2.89. The second kappa shape index (κ2) is 43.8. The minimum absolute atomic E-state index is 0.0772. The van der Waals surface area contributed by atoms with E-state index in [-0.39, 0.29) is 31.1 Å². The van der Waals surface area contributed by atoms with Crippen LogP contribution in [0.2, 0.25) is 0 Å². The molecule has 1 unspecified atom stereocenters. The van der Waals surface area contributed by atoms with Crippen molar-refractivity contribution in [2.45, 2.75) is 219 Å². The monoisotopic (exact) mass is 769 g/mol. The SMILES string of the molecule is CC/C=C\C/C=C\C/C=C\C/C=C\C/C=C\CCCCCCCCCC(=O)OCC(COC(=O)CCCCCCCC)OC(=O)CCCCCCCCCC. The maximum absolute atomic E-state index is 12.6. The van der Waals surface area contributed by atoms with Gasteiger partial charge in [-0.2, -0.15) is 0 Å². The highest BCUT2D eigenvalue weighted by Gasteiger charge is 2.19. The highest BCUT2D eigenvalue weighted by Crippen LogP contribution is 2.13. The van der Waals surface area contributed by atoms with Gasteiger partial charge in [0.25, 0.3) is 0 Å². The Balaban J connectivity index is 4.14. The van der Waals surface area contributed by atoms with E-state index in [1.54, 1.807) is 0 Å². The van der Waals surface area contributed by atoms with Crippen molar-refractivity contribution in [1.82, 2.24) is 0 Å². The zero-order valence-electron chi connectivity index (χ0n) is 35.9. The van der Waals surface area contributed by atoms with Crippen molar-refractivity contribution >= 4 is 17.9 Å². The molecule has 316 valence electrons. The molecule has 0 saturated heterocycles. The fourth-order valence-corrected chi connectivity index (χ4v) is 6.11. The van der Waals surface area contributed by atoms with Crippen LogP contribution in [0.1, 0.15) is 213 Å². The largest absolute Gasteiger partial charge is 0.462 e. The number of carbonyl (C=O) groups is 3. The number of ether oxygens (including phenoxy) is 3. The molecule has 0 bridgehead atoms. The van der Waals surface area contributed by atoms with E-state index in [2.05, 4.69) is 81.5 Å². The van der Waals surface area contributed by atoms with Gasteiger partial charge in [0.1, 0.15) is 13.2 Å². The third-order valence-corrected chi connectivity index (χ3v) is 9.54. The topological polar surface area (TPSA) is 78.9 Å². The molecule has 0 aliphatic carbocycles. The van der Waals surface area contributed by atoms with E-state index in [0.29, 0.717) is 19.3 Å². The second-order valence-corrected chi connectivity index (χ2v) is 14.9. The number of allylic oxidation sites excluding steroid dienone is 10. The van der Waals surface area contributed by atoms with Gasteiger partial charge in [-0.05, 0) is 64.2 Å². The van der Waals surface area contributed by atoms with Crippen LogP contribution >= 0.6 is 0 Å². The van der Waals surface area contributed by atoms with Gasteiger partial charge < -0.3 is 14.2 Å². The van der Waals surface area contributed by atoms with Gasteiger partial charge in [-0.25, -0.2) is 0 Å². The average molecular weight is 769 g/mol. The molecular weight excluding hydrogens is 685 g/mol. The molecule has 0 fully saturated rings. The first-order chi connectivity index (χ1) is 27.0. The summed E-state index contributed by atoms with van der Waals surface area (Å²) in [5.74, 6) is -0.906. The molecule has 0 aliphatic rings. The fourth-order valence-electron chi connectivity index (χ4n) is 6.11. The summed E-state index contributed by atoms with van der Waals surface area (Å²) >= 11 is 0. The lowest BCUT2D eigenvalue weighted by molar-refractivity contribution is -0.167. The van der Waals surface area contributed by atoms with Gasteiger partial charge in [-0.1, -0.05) is 191 Å². The van der Waals surface area contributed by atoms with Crippen LogP contribution in [-0.2, 0) is 28.6 Å². The molecule has 0 aromatic heterocycles. The first-order valence-electron chi connectivity index (χ1n) is 22.8. The molecule has 0 saturated carbocycles. The molecule has 0 spiro atoms. The van der Waals surface area contributed by atoms with Crippen molar-refractivity contribution in [1.29, 1.82) is 0 Å². The smallest absolute Gasteiger partial charge is 0.306 e. The fraction of sp³-hybridized carbons (Fsp3) is 0.735. The second-order valence-electron chi connectivity index (χ2n) is 14.9. The minimum atomic E-state index is -0.770. The van der Waals surface area contributed by atoms with Gasteiger partial charge in [-0.15, -0.1) is 0 Å². The molecule has 0 rings (SSSR count). The normalized spacial score (nSPS) is 12.6. The summed E-state index contributed by atoms with van der Waals surface area (Å²) in [5, 5.41) is 0. The molecule has 0 heterocycles. The predicted molar refractivity (Wildman–Crippen MR) is 233 cm³/mol. The molecule has 0 aliphatic heterocycles. The lowest BCUT2D eigenvalue weighted by atomic mass is 10.1. The number of hydrogen-bond acceptors (Lipinski definition) is 6. The highest BCUT2D eigenvalue weighted by atomic mass is 16.6. The molecule has 0 aromatic rings. The molecule has 6 heteroatoms. The van der Waals surface area contributed by atoms with Gasteiger partial charge in [0, 0.05) is 19.3 Å². The average Bonchev–Trinajstić information content (AvgIpc) is 3.18. The predicted octanol–water partition coefficient (Wildman–Crippen LogP) is 14.5. The maximum Gasteiger partial charge on any atom is 0.306 e. The number of rotatable bonds is 40. The van der Waals surface area contributed by atoms with Crippen LogP contribution < -0.4 is 0 Å². The molecule has 6 nitrogen and oxygen atoms in total. The number of unbranched alkanes of at least 4 members (excludes halogenated alkanes) is 19. The Kier molecular flexibility index (Phi) is 41.5. The molecule has 0 amide bonds. The Morgan fingerprint density at radius 1 is 0.382 bits per heavy atom. The summed E-state index contributed by atoms with van der Waals surface area (Å²) in [4.78, 5) is 37.4. The van der Waals surface area contributed by atoms with Gasteiger partial charge in [0.2, 0.25) is 0 Å². The third kappa shape index (κ3) is 42.1. The van der Waals surface area contributed by atoms with Crippen LogP contribution in [0.4, 0.5) is 0 Å². The third-order valence-electron chi connectivity index (χ3n) is 9.54. The van der Waals surface area contributed by atoms with Crippen molar-refractivity contribution in [3.8, 4) is 0 Å². The number of esters is 3. The van der Waals surface area contributed by atoms with E-state index < -0.39 is 6.10 Å². The van der Waals surface area contributed by atoms with Crippen molar-refractivity contribution in [3.05, 3.63) is 60.8 Å². The molecule has 0 N–H and O–H groups in total. The van der Waals surface area contributed by atoms with E-state index in [1.807, 2.05) is 0 Å². The molecule has 55 heavy (non-hydrogen) atoms. The summed E-state index contributed by atoms with van der Waals surface area (Å²) in [6.07, 6.45) is 52.4. The zero-order chi connectivity index (χ0) is 40.1. The lowest BCUT2D eigenvalue weighted by Crippen LogP contribution is -2.30. The quantitative estimate of drug-likeness (QED) is 0.0267. The molecular formula is C49H84O6. The van der Waals surface area contributed by atoms with Crippen molar-refractivity contribution in [2.24, 2.45) is 0 Å². The van der Waals surface area contributed by atoms with E-state index in [4.69, 9.17) is 14.2 Å². The summed E-state index contributed by atoms with van der Waals surface area (Å²) in [7, 11) is 0. The summed E-state index contributed by atoms with van der Waals surface area (Å²) < 4.78 is 16.6. The molecule has 0 radical (unpaired) electrons. The van der Waals surface area contributed by atoms with E-state index in [9.17, 15) is 14.4 Å². The van der Waals surface area contributed by atoms with Crippen LogP contribution in [0, 0.1) is 0 Å². The molecule has 0 aromatic carbocycles. The standard InChI is InChI=1S/C49H84O6/c1-4-7-10-13-16-18-19-20-21-22-23-24-25-26-27-28-29-30-31-32-34-36-39-42-48(51)54-45-46(44-53-47(50)41-38-35-15-12-9-6-3)55-49(52)43-40-37-33-17-14-11-8-5-2/h7,10,16,18,20-21,23-24,26-27,46H,4-6,8-9,11-15,17,19,22,25,28-45H2,1-3H3/b10-7-,18-16-,21-20-,24-23-,27-26-. The van der Waals surface area contributed by atoms with Gasteiger partial charge >= 0.3 is 17.9 Å².